The fourth-order valence-electron chi connectivity index (χ4n) is 1.89. The van der Waals surface area contributed by atoms with Crippen molar-refractivity contribution in [3.05, 3.63) is 52.4 Å². The summed E-state index contributed by atoms with van der Waals surface area (Å²) in [6, 6.07) is 6.96. The predicted octanol–water partition coefficient (Wildman–Crippen LogP) is 4.18. The first-order valence-electron chi connectivity index (χ1n) is 5.89. The zero-order valence-electron chi connectivity index (χ0n) is 10.6. The molecule has 0 radical (unpaired) electrons. The average molecular weight is 364 g/mol. The second kappa shape index (κ2) is 7.38. The molecule has 0 saturated carbocycles. The van der Waals surface area contributed by atoms with Crippen LogP contribution in [0, 0.1) is 0 Å². The van der Waals surface area contributed by atoms with Crippen molar-refractivity contribution in [3.63, 3.8) is 0 Å². The number of nitrogens with one attached hydrogen (secondary N) is 1. The van der Waals surface area contributed by atoms with Crippen molar-refractivity contribution < 1.29 is 13.2 Å². The number of rotatable bonds is 6. The molecule has 0 spiro atoms. The van der Waals surface area contributed by atoms with E-state index in [1.807, 2.05) is 12.1 Å². The van der Waals surface area contributed by atoms with E-state index in [0.29, 0.717) is 29.1 Å². The number of halogens is 2. The number of hydrogen-bond donors (Lipinski definition) is 2. The lowest BCUT2D eigenvalue weighted by molar-refractivity contribution is 0.508. The van der Waals surface area contributed by atoms with Crippen LogP contribution < -0.4 is 4.72 Å². The number of furan rings is 1. The minimum absolute atomic E-state index is 0.174. The summed E-state index contributed by atoms with van der Waals surface area (Å²) in [5, 5.41) is 0.323. The van der Waals surface area contributed by atoms with Crippen LogP contribution >= 0.6 is 35.4 Å². The molecule has 1 aromatic carbocycles. The van der Waals surface area contributed by atoms with Crippen LogP contribution in [-0.2, 0) is 24.1 Å². The van der Waals surface area contributed by atoms with E-state index in [1.54, 1.807) is 18.4 Å². The Bertz CT molecular complexity index is 674. The maximum absolute atomic E-state index is 10.8. The van der Waals surface area contributed by atoms with Gasteiger partial charge in [-0.2, -0.15) is 0 Å². The van der Waals surface area contributed by atoms with Gasteiger partial charge in [0.1, 0.15) is 10.1 Å². The lowest BCUT2D eigenvalue weighted by atomic mass is 10.0. The molecule has 1 atom stereocenters. The fraction of sp³-hybridized carbons (Fsp3) is 0.154. The van der Waals surface area contributed by atoms with Crippen molar-refractivity contribution in [3.8, 4) is 0 Å². The van der Waals surface area contributed by atoms with Gasteiger partial charge < -0.3 is 4.42 Å². The molecule has 1 aromatic heterocycles. The maximum Gasteiger partial charge on any atom is 0.259 e. The molecule has 2 N–H and O–H groups in total. The van der Waals surface area contributed by atoms with Crippen LogP contribution in [0.5, 0.6) is 0 Å². The summed E-state index contributed by atoms with van der Waals surface area (Å²) in [6.07, 6.45) is 2.92. The predicted molar refractivity (Wildman–Crippen MR) is 89.5 cm³/mol. The summed E-state index contributed by atoms with van der Waals surface area (Å²) >= 11 is 14.8. The van der Waals surface area contributed by atoms with Gasteiger partial charge >= 0.3 is 0 Å². The van der Waals surface area contributed by atoms with E-state index in [9.17, 15) is 4.21 Å². The second-order valence-electron chi connectivity index (χ2n) is 4.19. The fourth-order valence-corrected chi connectivity index (χ4v) is 2.90. The van der Waals surface area contributed by atoms with E-state index in [4.69, 9.17) is 44.4 Å². The minimum atomic E-state index is -2.22. The largest absolute Gasteiger partial charge is 0.469 e. The Labute approximate surface area is 139 Å². The van der Waals surface area contributed by atoms with Gasteiger partial charge in [0.25, 0.3) is 11.3 Å². The van der Waals surface area contributed by atoms with Crippen molar-refractivity contribution in [2.24, 2.45) is 0 Å². The third-order valence-corrected chi connectivity index (χ3v) is 3.95. The van der Waals surface area contributed by atoms with Crippen molar-refractivity contribution >= 4 is 56.7 Å². The van der Waals surface area contributed by atoms with Crippen molar-refractivity contribution in [2.75, 3.05) is 4.72 Å². The molecule has 21 heavy (non-hydrogen) atoms. The van der Waals surface area contributed by atoms with Crippen LogP contribution in [0.25, 0.3) is 0 Å². The SMILES string of the molecule is O=S(O)Nc1cc(C(=S)Cl)c(CCc2ccco2)cc1Cl. The van der Waals surface area contributed by atoms with Gasteiger partial charge in [0.05, 0.1) is 17.0 Å². The quantitative estimate of drug-likeness (QED) is 0.459. The normalized spacial score (nSPS) is 12.1. The second-order valence-corrected chi connectivity index (χ2v) is 6.31. The zero-order chi connectivity index (χ0) is 15.4. The van der Waals surface area contributed by atoms with E-state index in [1.165, 1.54) is 0 Å². The van der Waals surface area contributed by atoms with Crippen LogP contribution in [0.15, 0.2) is 34.9 Å². The van der Waals surface area contributed by atoms with Crippen LogP contribution in [-0.4, -0.2) is 13.1 Å². The van der Waals surface area contributed by atoms with E-state index >= 15 is 0 Å². The van der Waals surface area contributed by atoms with Gasteiger partial charge in [0, 0.05) is 12.0 Å². The number of anilines is 1. The highest BCUT2D eigenvalue weighted by atomic mass is 35.5. The first-order chi connectivity index (χ1) is 9.97. The molecule has 0 aliphatic rings. The molecular formula is C13H11Cl2NO3S2. The standard InChI is InChI=1S/C13H11Cl2NO3S2/c14-11-6-8(3-4-9-2-1-5-19-9)10(13(15)20)7-12(11)16-21(17)18/h1-2,5-7,16H,3-4H2,(H,17,18). The summed E-state index contributed by atoms with van der Waals surface area (Å²) < 4.78 is 27.5. The minimum Gasteiger partial charge on any atom is -0.469 e. The molecule has 0 amide bonds. The molecule has 2 aromatic rings. The van der Waals surface area contributed by atoms with Crippen molar-refractivity contribution in [1.29, 1.82) is 0 Å². The number of thiocarbonyl (C=S) groups is 1. The molecule has 8 heteroatoms. The Balaban J connectivity index is 2.29. The zero-order valence-corrected chi connectivity index (χ0v) is 13.8. The number of hydrogen-bond acceptors (Lipinski definition) is 3. The molecule has 0 aliphatic carbocycles. The van der Waals surface area contributed by atoms with Crippen LogP contribution in [0.2, 0.25) is 5.02 Å². The number of benzene rings is 1. The summed E-state index contributed by atoms with van der Waals surface area (Å²) in [6.45, 7) is 0. The molecule has 0 fully saturated rings. The highest BCUT2D eigenvalue weighted by Gasteiger charge is 2.13. The van der Waals surface area contributed by atoms with Gasteiger partial charge in [0.15, 0.2) is 0 Å². The van der Waals surface area contributed by atoms with Gasteiger partial charge in [-0.25, -0.2) is 4.21 Å². The Hall–Kier alpha value is -0.920. The smallest absolute Gasteiger partial charge is 0.259 e. The molecule has 1 unspecified atom stereocenters. The highest BCUT2D eigenvalue weighted by Crippen LogP contribution is 2.29. The lowest BCUT2D eigenvalue weighted by Gasteiger charge is -2.12. The Morgan fingerprint density at radius 2 is 2.19 bits per heavy atom. The summed E-state index contributed by atoms with van der Waals surface area (Å²) in [4.78, 5) is 0. The van der Waals surface area contributed by atoms with Gasteiger partial charge in [-0.3, -0.25) is 9.27 Å². The molecule has 1 heterocycles. The van der Waals surface area contributed by atoms with Gasteiger partial charge in [-0.1, -0.05) is 35.4 Å². The van der Waals surface area contributed by atoms with Crippen LogP contribution in [0.3, 0.4) is 0 Å². The molecule has 0 aliphatic heterocycles. The summed E-state index contributed by atoms with van der Waals surface area (Å²) in [5.74, 6) is 0.844. The third kappa shape index (κ3) is 4.52. The molecule has 2 rings (SSSR count). The maximum atomic E-state index is 10.8. The first kappa shape index (κ1) is 16.5. The summed E-state index contributed by atoms with van der Waals surface area (Å²) in [5.41, 5.74) is 1.76. The van der Waals surface area contributed by atoms with Gasteiger partial charge in [-0.05, 0) is 36.2 Å². The van der Waals surface area contributed by atoms with Crippen molar-refractivity contribution in [1.82, 2.24) is 0 Å². The molecular weight excluding hydrogens is 353 g/mol. The van der Waals surface area contributed by atoms with E-state index in [0.717, 1.165) is 11.3 Å². The molecule has 0 saturated heterocycles. The van der Waals surface area contributed by atoms with Crippen LogP contribution in [0.1, 0.15) is 16.9 Å². The van der Waals surface area contributed by atoms with E-state index in [2.05, 4.69) is 4.72 Å². The Morgan fingerprint density at radius 3 is 2.76 bits per heavy atom. The topological polar surface area (TPSA) is 62.5 Å². The average Bonchev–Trinajstić information content (AvgIpc) is 2.91. The van der Waals surface area contributed by atoms with Gasteiger partial charge in [-0.15, -0.1) is 0 Å². The van der Waals surface area contributed by atoms with Crippen LogP contribution in [0.4, 0.5) is 5.69 Å². The van der Waals surface area contributed by atoms with E-state index < -0.39 is 11.3 Å². The highest BCUT2D eigenvalue weighted by molar-refractivity contribution is 7.83. The Kier molecular flexibility index (Phi) is 5.78. The van der Waals surface area contributed by atoms with Crippen molar-refractivity contribution in [2.45, 2.75) is 12.8 Å². The van der Waals surface area contributed by atoms with Gasteiger partial charge in [0.2, 0.25) is 0 Å². The van der Waals surface area contributed by atoms with E-state index in [-0.39, 0.29) is 4.32 Å². The lowest BCUT2D eigenvalue weighted by Crippen LogP contribution is -2.06. The molecule has 4 nitrogen and oxygen atoms in total. The third-order valence-electron chi connectivity index (χ3n) is 2.82. The first-order valence-corrected chi connectivity index (χ1v) is 8.16. The Morgan fingerprint density at radius 1 is 1.43 bits per heavy atom. The summed E-state index contributed by atoms with van der Waals surface area (Å²) in [7, 11) is 0. The number of aryl methyl sites for hydroxylation is 2. The monoisotopic (exact) mass is 363 g/mol. The molecule has 0 bridgehead atoms. The molecule has 112 valence electrons.